The summed E-state index contributed by atoms with van der Waals surface area (Å²) in [5.41, 5.74) is 7.69. The summed E-state index contributed by atoms with van der Waals surface area (Å²) in [7, 11) is 1.89. The van der Waals surface area contributed by atoms with Crippen LogP contribution in [0.5, 0.6) is 0 Å². The Balaban J connectivity index is 1.96. The van der Waals surface area contributed by atoms with Crippen molar-refractivity contribution in [2.45, 2.75) is 26.7 Å². The van der Waals surface area contributed by atoms with Crippen LogP contribution in [0.2, 0.25) is 0 Å². The van der Waals surface area contributed by atoms with Gasteiger partial charge in [-0.2, -0.15) is 5.10 Å². The number of nitrogens with zero attached hydrogens (tertiary/aromatic N) is 3. The summed E-state index contributed by atoms with van der Waals surface area (Å²) >= 11 is 1.46. The Morgan fingerprint density at radius 3 is 2.65 bits per heavy atom. The number of hydrogen-bond donors (Lipinski definition) is 1. The Hall–Kier alpha value is -1.56. The maximum absolute atomic E-state index is 12.6. The van der Waals surface area contributed by atoms with Crippen molar-refractivity contribution in [1.82, 2.24) is 14.7 Å². The van der Waals surface area contributed by atoms with E-state index < -0.39 is 0 Å². The molecule has 1 aliphatic rings. The summed E-state index contributed by atoms with van der Waals surface area (Å²) in [6.07, 6.45) is 2.16. The molecule has 108 valence electrons. The first-order valence-electron chi connectivity index (χ1n) is 7.00. The molecule has 1 amide bonds. The van der Waals surface area contributed by atoms with Gasteiger partial charge in [0.05, 0.1) is 16.8 Å². The summed E-state index contributed by atoms with van der Waals surface area (Å²) in [5, 5.41) is 5.29. The second-order valence-electron chi connectivity index (χ2n) is 5.71. The Kier molecular flexibility index (Phi) is 3.20. The van der Waals surface area contributed by atoms with Crippen LogP contribution in [0.1, 0.15) is 35.1 Å². The van der Waals surface area contributed by atoms with E-state index in [0.717, 1.165) is 41.8 Å². The number of fused-ring (bicyclic) bond motifs is 1. The van der Waals surface area contributed by atoms with E-state index in [4.69, 9.17) is 5.73 Å². The molecular formula is C14H20N4OS. The lowest BCUT2D eigenvalue weighted by molar-refractivity contribution is 0.0703. The van der Waals surface area contributed by atoms with Gasteiger partial charge in [0.1, 0.15) is 9.71 Å². The van der Waals surface area contributed by atoms with Crippen LogP contribution >= 0.6 is 11.3 Å². The fourth-order valence-corrected chi connectivity index (χ4v) is 4.00. The van der Waals surface area contributed by atoms with E-state index in [-0.39, 0.29) is 5.91 Å². The highest BCUT2D eigenvalue weighted by Crippen LogP contribution is 2.36. The summed E-state index contributed by atoms with van der Waals surface area (Å²) in [4.78, 5) is 16.2. The van der Waals surface area contributed by atoms with Gasteiger partial charge in [-0.1, -0.05) is 6.92 Å². The lowest BCUT2D eigenvalue weighted by atomic mass is 9.99. The molecule has 6 heteroatoms. The summed E-state index contributed by atoms with van der Waals surface area (Å²) in [6.45, 7) is 5.85. The maximum Gasteiger partial charge on any atom is 0.266 e. The molecular weight excluding hydrogens is 272 g/mol. The van der Waals surface area contributed by atoms with Gasteiger partial charge in [0.15, 0.2) is 0 Å². The van der Waals surface area contributed by atoms with Crippen LogP contribution in [0.25, 0.3) is 10.2 Å². The fourth-order valence-electron chi connectivity index (χ4n) is 2.84. The highest BCUT2D eigenvalue weighted by Gasteiger charge is 2.27. The Morgan fingerprint density at radius 2 is 2.05 bits per heavy atom. The normalized spacial score (nSPS) is 17.1. The predicted molar refractivity (Wildman–Crippen MR) is 82.0 cm³/mol. The monoisotopic (exact) mass is 292 g/mol. The number of nitrogens with two attached hydrogens (primary N) is 1. The molecule has 0 aromatic carbocycles. The second-order valence-corrected chi connectivity index (χ2v) is 6.71. The van der Waals surface area contributed by atoms with Crippen molar-refractivity contribution in [2.24, 2.45) is 13.0 Å². The fraction of sp³-hybridized carbons (Fsp3) is 0.571. The van der Waals surface area contributed by atoms with Crippen LogP contribution in [0, 0.1) is 12.8 Å². The van der Waals surface area contributed by atoms with Crippen molar-refractivity contribution < 1.29 is 4.79 Å². The SMILES string of the molecule is Cc1nn(C)c2sc(C(=O)N3CCC(C)CC3)c(N)c12. The minimum Gasteiger partial charge on any atom is -0.397 e. The number of amides is 1. The van der Waals surface area contributed by atoms with E-state index >= 15 is 0 Å². The lowest BCUT2D eigenvalue weighted by Gasteiger charge is -2.30. The molecule has 0 saturated carbocycles. The summed E-state index contributed by atoms with van der Waals surface area (Å²) < 4.78 is 1.81. The number of thiophene rings is 1. The Bertz CT molecular complexity index is 664. The minimum atomic E-state index is 0.0787. The van der Waals surface area contributed by atoms with Crippen LogP contribution in [-0.2, 0) is 7.05 Å². The number of nitrogen functional groups attached to an aromatic ring is 1. The molecule has 3 heterocycles. The maximum atomic E-state index is 12.6. The molecule has 0 aliphatic carbocycles. The van der Waals surface area contributed by atoms with Crippen LogP contribution in [-0.4, -0.2) is 33.7 Å². The standard InChI is InChI=1S/C14H20N4OS/c1-8-4-6-18(7-5-8)13(19)12-11(15)10-9(2)16-17(3)14(10)20-12/h8H,4-7,15H2,1-3H3. The molecule has 2 N–H and O–H groups in total. The third kappa shape index (κ3) is 1.98. The first kappa shape index (κ1) is 13.4. The van der Waals surface area contributed by atoms with Crippen molar-refractivity contribution in [1.29, 1.82) is 0 Å². The Morgan fingerprint density at radius 1 is 1.40 bits per heavy atom. The number of carbonyl (C=O) groups excluding carboxylic acids is 1. The number of anilines is 1. The molecule has 0 bridgehead atoms. The van der Waals surface area contributed by atoms with Gasteiger partial charge in [0, 0.05) is 20.1 Å². The average molecular weight is 292 g/mol. The minimum absolute atomic E-state index is 0.0787. The number of likely N-dealkylation sites (tertiary alicyclic amines) is 1. The second kappa shape index (κ2) is 4.77. The van der Waals surface area contributed by atoms with Gasteiger partial charge >= 0.3 is 0 Å². The van der Waals surface area contributed by atoms with E-state index in [9.17, 15) is 4.79 Å². The number of aromatic nitrogens is 2. The molecule has 2 aromatic rings. The highest BCUT2D eigenvalue weighted by molar-refractivity contribution is 7.21. The molecule has 1 fully saturated rings. The van der Waals surface area contributed by atoms with Crippen molar-refractivity contribution in [3.8, 4) is 0 Å². The van der Waals surface area contributed by atoms with Crippen molar-refractivity contribution in [2.75, 3.05) is 18.8 Å². The number of aryl methyl sites for hydroxylation is 2. The van der Waals surface area contributed by atoms with Gasteiger partial charge < -0.3 is 10.6 Å². The highest BCUT2D eigenvalue weighted by atomic mass is 32.1. The first-order chi connectivity index (χ1) is 9.49. The van der Waals surface area contributed by atoms with Crippen molar-refractivity contribution in [3.05, 3.63) is 10.6 Å². The Labute approximate surface area is 122 Å². The zero-order chi connectivity index (χ0) is 14.4. The molecule has 0 radical (unpaired) electrons. The van der Waals surface area contributed by atoms with Crippen LogP contribution in [0.15, 0.2) is 0 Å². The smallest absolute Gasteiger partial charge is 0.266 e. The number of rotatable bonds is 1. The molecule has 2 aromatic heterocycles. The molecule has 3 rings (SSSR count). The largest absolute Gasteiger partial charge is 0.397 e. The van der Waals surface area contributed by atoms with Gasteiger partial charge in [-0.3, -0.25) is 9.48 Å². The zero-order valence-corrected chi connectivity index (χ0v) is 13.0. The summed E-state index contributed by atoms with van der Waals surface area (Å²) in [6, 6.07) is 0. The van der Waals surface area contributed by atoms with E-state index in [2.05, 4.69) is 12.0 Å². The molecule has 0 spiro atoms. The van der Waals surface area contributed by atoms with Crippen molar-refractivity contribution in [3.63, 3.8) is 0 Å². The van der Waals surface area contributed by atoms with E-state index in [1.807, 2.05) is 18.9 Å². The number of carbonyl (C=O) groups is 1. The van der Waals surface area contributed by atoms with Gasteiger partial charge in [-0.15, -0.1) is 11.3 Å². The molecule has 0 unspecified atom stereocenters. The molecule has 1 aliphatic heterocycles. The van der Waals surface area contributed by atoms with Crippen LogP contribution in [0.3, 0.4) is 0 Å². The van der Waals surface area contributed by atoms with Gasteiger partial charge in [0.25, 0.3) is 5.91 Å². The molecule has 1 saturated heterocycles. The topological polar surface area (TPSA) is 64.2 Å². The summed E-state index contributed by atoms with van der Waals surface area (Å²) in [5.74, 6) is 0.792. The van der Waals surface area contributed by atoms with Gasteiger partial charge in [0.2, 0.25) is 0 Å². The lowest BCUT2D eigenvalue weighted by Crippen LogP contribution is -2.37. The molecule has 0 atom stereocenters. The van der Waals surface area contributed by atoms with Crippen molar-refractivity contribution >= 4 is 33.1 Å². The zero-order valence-electron chi connectivity index (χ0n) is 12.1. The average Bonchev–Trinajstić information content (AvgIpc) is 2.89. The van der Waals surface area contributed by atoms with E-state index in [0.29, 0.717) is 16.5 Å². The number of piperidine rings is 1. The predicted octanol–water partition coefficient (Wildman–Crippen LogP) is 2.40. The molecule has 20 heavy (non-hydrogen) atoms. The van der Waals surface area contributed by atoms with Gasteiger partial charge in [-0.05, 0) is 25.7 Å². The first-order valence-corrected chi connectivity index (χ1v) is 7.81. The third-order valence-electron chi connectivity index (χ3n) is 4.15. The van der Waals surface area contributed by atoms with Crippen LogP contribution in [0.4, 0.5) is 5.69 Å². The third-order valence-corrected chi connectivity index (χ3v) is 5.41. The number of hydrogen-bond acceptors (Lipinski definition) is 4. The van der Waals surface area contributed by atoms with E-state index in [1.54, 1.807) is 4.68 Å². The molecule has 5 nitrogen and oxygen atoms in total. The quantitative estimate of drug-likeness (QED) is 0.877. The van der Waals surface area contributed by atoms with Gasteiger partial charge in [-0.25, -0.2) is 0 Å². The van der Waals surface area contributed by atoms with Crippen LogP contribution < -0.4 is 5.73 Å². The van der Waals surface area contributed by atoms with E-state index in [1.165, 1.54) is 11.3 Å².